The SMILES string of the molecule is CS(=O)(=O)c1ccccc1C(O)C(N)C(=O)O. The number of carboxylic acid groups (broad SMARTS) is 1. The van der Waals surface area contributed by atoms with Crippen molar-refractivity contribution >= 4 is 15.8 Å². The number of sulfone groups is 1. The van der Waals surface area contributed by atoms with Crippen LogP contribution in [0.15, 0.2) is 29.2 Å². The van der Waals surface area contributed by atoms with Gasteiger partial charge in [-0.25, -0.2) is 8.42 Å². The summed E-state index contributed by atoms with van der Waals surface area (Å²) in [5, 5.41) is 18.4. The van der Waals surface area contributed by atoms with E-state index in [2.05, 4.69) is 0 Å². The number of carbonyl (C=O) groups is 1. The summed E-state index contributed by atoms with van der Waals surface area (Å²) in [4.78, 5) is 10.5. The van der Waals surface area contributed by atoms with Gasteiger partial charge in [0.25, 0.3) is 0 Å². The topological polar surface area (TPSA) is 118 Å². The lowest BCUT2D eigenvalue weighted by Gasteiger charge is -2.17. The van der Waals surface area contributed by atoms with Crippen LogP contribution in [0.1, 0.15) is 11.7 Å². The van der Waals surface area contributed by atoms with Crippen LogP contribution in [0.5, 0.6) is 0 Å². The normalized spacial score (nSPS) is 15.2. The molecule has 1 aromatic carbocycles. The predicted octanol–water partition coefficient (Wildman–Crippen LogP) is -0.465. The van der Waals surface area contributed by atoms with Gasteiger partial charge in [-0.05, 0) is 6.07 Å². The van der Waals surface area contributed by atoms with Gasteiger partial charge in [0.2, 0.25) is 0 Å². The number of carboxylic acids is 1. The van der Waals surface area contributed by atoms with Gasteiger partial charge >= 0.3 is 5.97 Å². The summed E-state index contributed by atoms with van der Waals surface area (Å²) in [6.45, 7) is 0. The van der Waals surface area contributed by atoms with Crippen LogP contribution in [0.2, 0.25) is 0 Å². The average molecular weight is 259 g/mol. The van der Waals surface area contributed by atoms with Gasteiger partial charge in [-0.3, -0.25) is 4.79 Å². The Morgan fingerprint density at radius 1 is 1.35 bits per heavy atom. The van der Waals surface area contributed by atoms with Crippen molar-refractivity contribution < 1.29 is 23.4 Å². The van der Waals surface area contributed by atoms with Gasteiger partial charge in [0.1, 0.15) is 12.1 Å². The molecule has 0 aromatic heterocycles. The van der Waals surface area contributed by atoms with Crippen molar-refractivity contribution in [3.63, 3.8) is 0 Å². The minimum absolute atomic E-state index is 0.00935. The molecule has 0 aliphatic heterocycles. The lowest BCUT2D eigenvalue weighted by molar-refractivity contribution is -0.141. The van der Waals surface area contributed by atoms with Gasteiger partial charge < -0.3 is 15.9 Å². The van der Waals surface area contributed by atoms with Crippen LogP contribution in [0, 0.1) is 0 Å². The predicted molar refractivity (Wildman–Crippen MR) is 60.1 cm³/mol. The summed E-state index contributed by atoms with van der Waals surface area (Å²) < 4.78 is 22.9. The highest BCUT2D eigenvalue weighted by atomic mass is 32.2. The maximum Gasteiger partial charge on any atom is 0.323 e. The maximum atomic E-state index is 11.5. The molecule has 0 saturated heterocycles. The first-order chi connectivity index (χ1) is 7.75. The van der Waals surface area contributed by atoms with Crippen LogP contribution in [-0.2, 0) is 14.6 Å². The second kappa shape index (κ2) is 4.82. The van der Waals surface area contributed by atoms with Gasteiger partial charge in [0, 0.05) is 11.8 Å². The molecule has 2 atom stereocenters. The fraction of sp³-hybridized carbons (Fsp3) is 0.300. The molecule has 0 bridgehead atoms. The number of aliphatic hydroxyl groups excluding tert-OH is 1. The fourth-order valence-electron chi connectivity index (χ4n) is 1.39. The summed E-state index contributed by atoms with van der Waals surface area (Å²) in [5.41, 5.74) is 5.25. The molecule has 0 spiro atoms. The maximum absolute atomic E-state index is 11.5. The van der Waals surface area contributed by atoms with Crippen LogP contribution in [0.25, 0.3) is 0 Å². The molecule has 0 radical (unpaired) electrons. The van der Waals surface area contributed by atoms with Crippen LogP contribution >= 0.6 is 0 Å². The number of nitrogens with two attached hydrogens (primary N) is 1. The van der Waals surface area contributed by atoms with Crippen molar-refractivity contribution in [2.45, 2.75) is 17.0 Å². The zero-order chi connectivity index (χ0) is 13.2. The molecule has 17 heavy (non-hydrogen) atoms. The summed E-state index contributed by atoms with van der Waals surface area (Å²) in [6.07, 6.45) is -0.594. The molecular formula is C10H13NO5S. The third kappa shape index (κ3) is 3.02. The number of aliphatic hydroxyl groups is 1. The Hall–Kier alpha value is -1.44. The molecule has 1 aromatic rings. The third-order valence-electron chi connectivity index (χ3n) is 2.26. The largest absolute Gasteiger partial charge is 0.480 e. The van der Waals surface area contributed by atoms with E-state index in [-0.39, 0.29) is 10.5 Å². The number of hydrogen-bond donors (Lipinski definition) is 3. The smallest absolute Gasteiger partial charge is 0.323 e. The van der Waals surface area contributed by atoms with Crippen LogP contribution < -0.4 is 5.73 Å². The molecule has 0 heterocycles. The van der Waals surface area contributed by atoms with Crippen LogP contribution in [0.3, 0.4) is 0 Å². The summed E-state index contributed by atoms with van der Waals surface area (Å²) in [5.74, 6) is -1.40. The molecule has 4 N–H and O–H groups in total. The molecule has 0 aliphatic carbocycles. The second-order valence-electron chi connectivity index (χ2n) is 3.62. The molecule has 0 amide bonds. The molecule has 6 nitrogen and oxygen atoms in total. The Labute approximate surface area is 98.6 Å². The first-order valence-electron chi connectivity index (χ1n) is 4.70. The van der Waals surface area contributed by atoms with E-state index >= 15 is 0 Å². The van der Waals surface area contributed by atoms with Gasteiger partial charge in [-0.2, -0.15) is 0 Å². The Balaban J connectivity index is 3.28. The number of hydrogen-bond acceptors (Lipinski definition) is 5. The molecule has 94 valence electrons. The van der Waals surface area contributed by atoms with Crippen molar-refractivity contribution in [2.75, 3.05) is 6.26 Å². The monoisotopic (exact) mass is 259 g/mol. The standard InChI is InChI=1S/C10H13NO5S/c1-17(15,16)7-5-3-2-4-6(7)9(12)8(11)10(13)14/h2-5,8-9,12H,11H2,1H3,(H,13,14). The van der Waals surface area contributed by atoms with E-state index in [4.69, 9.17) is 10.8 Å². The fourth-order valence-corrected chi connectivity index (χ4v) is 2.33. The average Bonchev–Trinajstić information content (AvgIpc) is 2.25. The Morgan fingerprint density at radius 3 is 2.35 bits per heavy atom. The molecule has 7 heteroatoms. The first kappa shape index (κ1) is 13.6. The van der Waals surface area contributed by atoms with Crippen molar-refractivity contribution in [1.82, 2.24) is 0 Å². The van der Waals surface area contributed by atoms with Crippen molar-refractivity contribution in [1.29, 1.82) is 0 Å². The van der Waals surface area contributed by atoms with Gasteiger partial charge in [-0.1, -0.05) is 18.2 Å². The highest BCUT2D eigenvalue weighted by Crippen LogP contribution is 2.24. The third-order valence-corrected chi connectivity index (χ3v) is 3.43. The highest BCUT2D eigenvalue weighted by molar-refractivity contribution is 7.90. The van der Waals surface area contributed by atoms with E-state index in [0.29, 0.717) is 0 Å². The number of aliphatic carboxylic acids is 1. The van der Waals surface area contributed by atoms with E-state index in [1.165, 1.54) is 24.3 Å². The van der Waals surface area contributed by atoms with Crippen LogP contribution in [-0.4, -0.2) is 36.9 Å². The van der Waals surface area contributed by atoms with E-state index in [1.807, 2.05) is 0 Å². The van der Waals surface area contributed by atoms with Crippen molar-refractivity contribution in [2.24, 2.45) is 5.73 Å². The quantitative estimate of drug-likeness (QED) is 0.673. The number of benzene rings is 1. The minimum atomic E-state index is -3.55. The Morgan fingerprint density at radius 2 is 1.88 bits per heavy atom. The van der Waals surface area contributed by atoms with E-state index in [1.54, 1.807) is 0 Å². The van der Waals surface area contributed by atoms with Gasteiger partial charge in [0.15, 0.2) is 9.84 Å². The lowest BCUT2D eigenvalue weighted by Crippen LogP contribution is -2.37. The number of rotatable bonds is 4. The van der Waals surface area contributed by atoms with E-state index < -0.39 is 28.0 Å². The van der Waals surface area contributed by atoms with Gasteiger partial charge in [-0.15, -0.1) is 0 Å². The lowest BCUT2D eigenvalue weighted by atomic mass is 10.0. The highest BCUT2D eigenvalue weighted by Gasteiger charge is 2.27. The zero-order valence-electron chi connectivity index (χ0n) is 9.07. The molecule has 0 fully saturated rings. The molecule has 1 rings (SSSR count). The second-order valence-corrected chi connectivity index (χ2v) is 5.60. The summed E-state index contributed by atoms with van der Waals surface area (Å²) in [6, 6.07) is 4.05. The first-order valence-corrected chi connectivity index (χ1v) is 6.59. The molecule has 0 aliphatic rings. The Bertz CT molecular complexity index is 525. The molecule has 0 saturated carbocycles. The van der Waals surface area contributed by atoms with E-state index in [0.717, 1.165) is 6.26 Å². The summed E-state index contributed by atoms with van der Waals surface area (Å²) in [7, 11) is -3.55. The van der Waals surface area contributed by atoms with Gasteiger partial charge in [0.05, 0.1) is 4.90 Å². The van der Waals surface area contributed by atoms with Crippen molar-refractivity contribution in [3.8, 4) is 0 Å². The minimum Gasteiger partial charge on any atom is -0.480 e. The van der Waals surface area contributed by atoms with Crippen LogP contribution in [0.4, 0.5) is 0 Å². The summed E-state index contributed by atoms with van der Waals surface area (Å²) >= 11 is 0. The molecular weight excluding hydrogens is 246 g/mol. The zero-order valence-corrected chi connectivity index (χ0v) is 9.89. The molecule has 2 unspecified atom stereocenters. The van der Waals surface area contributed by atoms with E-state index in [9.17, 15) is 18.3 Å². The van der Waals surface area contributed by atoms with Crippen molar-refractivity contribution in [3.05, 3.63) is 29.8 Å². The Kier molecular flexibility index (Phi) is 3.87.